The molecule has 0 radical (unpaired) electrons. The lowest BCUT2D eigenvalue weighted by molar-refractivity contribution is -0.124. The first kappa shape index (κ1) is 15.8. The Labute approximate surface area is 136 Å². The van der Waals surface area contributed by atoms with Gasteiger partial charge in [0.2, 0.25) is 5.91 Å². The Hall–Kier alpha value is -1.10. The van der Waals surface area contributed by atoms with Crippen molar-refractivity contribution in [3.8, 4) is 0 Å². The highest BCUT2D eigenvalue weighted by Gasteiger charge is 2.37. The maximum Gasteiger partial charge on any atom is 0.224 e. The van der Waals surface area contributed by atoms with Crippen LogP contribution in [0.2, 0.25) is 5.02 Å². The van der Waals surface area contributed by atoms with Crippen molar-refractivity contribution in [1.82, 2.24) is 10.6 Å². The second kappa shape index (κ2) is 6.99. The van der Waals surface area contributed by atoms with Gasteiger partial charge >= 0.3 is 0 Å². The summed E-state index contributed by atoms with van der Waals surface area (Å²) in [5.41, 5.74) is 1.02. The largest absolute Gasteiger partial charge is 0.381 e. The average molecular weight is 323 g/mol. The molecule has 0 aliphatic carbocycles. The van der Waals surface area contributed by atoms with E-state index in [1.165, 1.54) is 0 Å². The number of rotatable bonds is 4. The third-order valence-electron chi connectivity index (χ3n) is 4.93. The Balaban J connectivity index is 1.75. The van der Waals surface area contributed by atoms with Crippen LogP contribution in [0.5, 0.6) is 0 Å². The van der Waals surface area contributed by atoms with Gasteiger partial charge in [-0.15, -0.1) is 0 Å². The molecular weight excluding hydrogens is 300 g/mol. The van der Waals surface area contributed by atoms with Crippen LogP contribution >= 0.6 is 11.6 Å². The van der Waals surface area contributed by atoms with Crippen LogP contribution in [0.15, 0.2) is 24.3 Å². The van der Waals surface area contributed by atoms with Crippen LogP contribution in [0, 0.1) is 5.92 Å². The van der Waals surface area contributed by atoms with Crippen LogP contribution in [-0.4, -0.2) is 38.8 Å². The molecule has 4 nitrogen and oxygen atoms in total. The second-order valence-electron chi connectivity index (χ2n) is 6.28. The van der Waals surface area contributed by atoms with Gasteiger partial charge in [-0.3, -0.25) is 4.79 Å². The standard InChI is InChI=1S/C17H23ClN2O2/c18-15-4-2-1-3-14(15)17(6-9-22-10-7-17)12-20-16(21)13-5-8-19-11-13/h1-4,13,19H,5-12H2,(H,20,21). The predicted octanol–water partition coefficient (Wildman–Crippen LogP) is 2.11. The number of benzene rings is 1. The van der Waals surface area contributed by atoms with E-state index in [0.717, 1.165) is 42.9 Å². The molecule has 2 heterocycles. The zero-order chi connectivity index (χ0) is 15.4. The van der Waals surface area contributed by atoms with E-state index in [1.807, 2.05) is 18.2 Å². The van der Waals surface area contributed by atoms with Crippen LogP contribution in [0.3, 0.4) is 0 Å². The molecule has 0 spiro atoms. The molecule has 3 rings (SSSR count). The van der Waals surface area contributed by atoms with E-state index in [9.17, 15) is 4.79 Å². The second-order valence-corrected chi connectivity index (χ2v) is 6.69. The van der Waals surface area contributed by atoms with E-state index in [4.69, 9.17) is 16.3 Å². The smallest absolute Gasteiger partial charge is 0.224 e. The Kier molecular flexibility index (Phi) is 5.01. The fourth-order valence-corrected chi connectivity index (χ4v) is 3.81. The summed E-state index contributed by atoms with van der Waals surface area (Å²) >= 11 is 6.43. The van der Waals surface area contributed by atoms with Crippen LogP contribution in [-0.2, 0) is 14.9 Å². The molecule has 2 saturated heterocycles. The first-order chi connectivity index (χ1) is 10.7. The van der Waals surface area contributed by atoms with Gasteiger partial charge in [-0.25, -0.2) is 0 Å². The number of amides is 1. The molecule has 0 bridgehead atoms. The molecule has 0 aromatic heterocycles. The third kappa shape index (κ3) is 3.29. The van der Waals surface area contributed by atoms with E-state index in [1.54, 1.807) is 0 Å². The number of carbonyl (C=O) groups is 1. The Morgan fingerprint density at radius 1 is 1.36 bits per heavy atom. The summed E-state index contributed by atoms with van der Waals surface area (Å²) in [6, 6.07) is 7.97. The lowest BCUT2D eigenvalue weighted by Gasteiger charge is -2.38. The molecule has 22 heavy (non-hydrogen) atoms. The fraction of sp³-hybridized carbons (Fsp3) is 0.588. The number of ether oxygens (including phenoxy) is 1. The van der Waals surface area contributed by atoms with Crippen molar-refractivity contribution in [2.75, 3.05) is 32.8 Å². The van der Waals surface area contributed by atoms with Crippen molar-refractivity contribution < 1.29 is 9.53 Å². The van der Waals surface area contributed by atoms with Crippen LogP contribution in [0.25, 0.3) is 0 Å². The minimum atomic E-state index is -0.113. The SMILES string of the molecule is O=C(NCC1(c2ccccc2Cl)CCOCC1)C1CCNC1. The maximum atomic E-state index is 12.3. The summed E-state index contributed by atoms with van der Waals surface area (Å²) in [6.45, 7) is 3.78. The van der Waals surface area contributed by atoms with Crippen LogP contribution in [0.1, 0.15) is 24.8 Å². The molecule has 0 saturated carbocycles. The van der Waals surface area contributed by atoms with Gasteiger partial charge < -0.3 is 15.4 Å². The molecule has 120 valence electrons. The van der Waals surface area contributed by atoms with Gasteiger partial charge in [0.1, 0.15) is 0 Å². The highest BCUT2D eigenvalue weighted by molar-refractivity contribution is 6.31. The van der Waals surface area contributed by atoms with Crippen molar-refractivity contribution in [2.24, 2.45) is 5.92 Å². The number of carbonyl (C=O) groups excluding carboxylic acids is 1. The summed E-state index contributed by atoms with van der Waals surface area (Å²) in [6.07, 6.45) is 2.70. The molecule has 1 unspecified atom stereocenters. The van der Waals surface area contributed by atoms with E-state index in [0.29, 0.717) is 19.8 Å². The van der Waals surface area contributed by atoms with Crippen molar-refractivity contribution >= 4 is 17.5 Å². The Bertz CT molecular complexity index is 523. The number of hydrogen-bond donors (Lipinski definition) is 2. The molecule has 2 fully saturated rings. The molecule has 1 atom stereocenters. The fourth-order valence-electron chi connectivity index (χ4n) is 3.47. The van der Waals surface area contributed by atoms with Gasteiger partial charge in [0.25, 0.3) is 0 Å². The topological polar surface area (TPSA) is 50.4 Å². The van der Waals surface area contributed by atoms with E-state index in [-0.39, 0.29) is 17.2 Å². The van der Waals surface area contributed by atoms with Gasteiger partial charge in [0.05, 0.1) is 5.92 Å². The summed E-state index contributed by atoms with van der Waals surface area (Å²) in [5.74, 6) is 0.256. The van der Waals surface area contributed by atoms with Gasteiger partial charge in [-0.1, -0.05) is 29.8 Å². The molecular formula is C17H23ClN2O2. The van der Waals surface area contributed by atoms with Gasteiger partial charge in [0.15, 0.2) is 0 Å². The lowest BCUT2D eigenvalue weighted by Crippen LogP contribution is -2.46. The van der Waals surface area contributed by atoms with Crippen molar-refractivity contribution in [2.45, 2.75) is 24.7 Å². The van der Waals surface area contributed by atoms with Gasteiger partial charge in [-0.2, -0.15) is 0 Å². The van der Waals surface area contributed by atoms with E-state index < -0.39 is 0 Å². The normalized spacial score (nSPS) is 24.1. The minimum Gasteiger partial charge on any atom is -0.381 e. The van der Waals surface area contributed by atoms with Crippen molar-refractivity contribution in [3.05, 3.63) is 34.9 Å². The van der Waals surface area contributed by atoms with Gasteiger partial charge in [-0.05, 0) is 37.4 Å². The zero-order valence-electron chi connectivity index (χ0n) is 12.7. The maximum absolute atomic E-state index is 12.3. The van der Waals surface area contributed by atoms with Crippen molar-refractivity contribution in [1.29, 1.82) is 0 Å². The Morgan fingerprint density at radius 3 is 2.82 bits per heavy atom. The molecule has 2 N–H and O–H groups in total. The predicted molar refractivity (Wildman–Crippen MR) is 87.2 cm³/mol. The first-order valence-corrected chi connectivity index (χ1v) is 8.40. The van der Waals surface area contributed by atoms with Gasteiger partial charge in [0, 0.05) is 36.7 Å². The summed E-state index contributed by atoms with van der Waals surface area (Å²) in [7, 11) is 0. The number of nitrogens with one attached hydrogen (secondary N) is 2. The third-order valence-corrected chi connectivity index (χ3v) is 5.26. The average Bonchev–Trinajstić information content (AvgIpc) is 3.08. The molecule has 2 aliphatic rings. The highest BCUT2D eigenvalue weighted by atomic mass is 35.5. The minimum absolute atomic E-state index is 0.100. The van der Waals surface area contributed by atoms with Crippen molar-refractivity contribution in [3.63, 3.8) is 0 Å². The van der Waals surface area contributed by atoms with Crippen LogP contribution in [0.4, 0.5) is 0 Å². The number of hydrogen-bond acceptors (Lipinski definition) is 3. The molecule has 1 aromatic rings. The van der Waals surface area contributed by atoms with Crippen LogP contribution < -0.4 is 10.6 Å². The molecule has 5 heteroatoms. The molecule has 1 aromatic carbocycles. The summed E-state index contributed by atoms with van der Waals surface area (Å²) in [5, 5.41) is 7.19. The first-order valence-electron chi connectivity index (χ1n) is 8.02. The lowest BCUT2D eigenvalue weighted by atomic mass is 9.74. The highest BCUT2D eigenvalue weighted by Crippen LogP contribution is 2.38. The van der Waals surface area contributed by atoms with E-state index in [2.05, 4.69) is 16.7 Å². The zero-order valence-corrected chi connectivity index (χ0v) is 13.5. The monoisotopic (exact) mass is 322 g/mol. The van der Waals surface area contributed by atoms with E-state index >= 15 is 0 Å². The Morgan fingerprint density at radius 2 is 2.14 bits per heavy atom. The summed E-state index contributed by atoms with van der Waals surface area (Å²) in [4.78, 5) is 12.3. The number of halogens is 1. The molecule has 1 amide bonds. The quantitative estimate of drug-likeness (QED) is 0.892. The summed E-state index contributed by atoms with van der Waals surface area (Å²) < 4.78 is 5.53. The molecule has 2 aliphatic heterocycles.